The van der Waals surface area contributed by atoms with Gasteiger partial charge in [0.15, 0.2) is 0 Å². The first-order valence-corrected chi connectivity index (χ1v) is 10.6. The molecule has 0 aliphatic carbocycles. The van der Waals surface area contributed by atoms with Crippen LogP contribution in [-0.2, 0) is 11.3 Å². The lowest BCUT2D eigenvalue weighted by Gasteiger charge is -2.18. The Balaban J connectivity index is 1.44. The molecular weight excluding hydrogens is 386 g/mol. The molecule has 0 saturated heterocycles. The van der Waals surface area contributed by atoms with Crippen LogP contribution in [0.1, 0.15) is 45.8 Å². The smallest absolute Gasteiger partial charge is 0.251 e. The van der Waals surface area contributed by atoms with E-state index in [1.165, 1.54) is 0 Å². The fourth-order valence-electron chi connectivity index (χ4n) is 3.47. The number of carbonyl (C=O) groups excluding carboxylic acids is 2. The second-order valence-corrected chi connectivity index (χ2v) is 7.44. The van der Waals surface area contributed by atoms with Crippen LogP contribution in [0.4, 0.5) is 0 Å². The van der Waals surface area contributed by atoms with Crippen LogP contribution in [0.2, 0.25) is 0 Å². The topological polar surface area (TPSA) is 84.2 Å². The third kappa shape index (κ3) is 6.79. The van der Waals surface area contributed by atoms with Gasteiger partial charge in [0.05, 0.1) is 0 Å². The van der Waals surface area contributed by atoms with Crippen LogP contribution in [-0.4, -0.2) is 24.9 Å². The van der Waals surface area contributed by atoms with Gasteiger partial charge in [0.2, 0.25) is 5.91 Å². The molecule has 31 heavy (non-hydrogen) atoms. The van der Waals surface area contributed by atoms with Gasteiger partial charge in [-0.3, -0.25) is 9.59 Å². The minimum atomic E-state index is -0.122. The minimum Gasteiger partial charge on any atom is -0.356 e. The molecule has 2 amide bonds. The van der Waals surface area contributed by atoms with E-state index in [-0.39, 0.29) is 17.7 Å². The van der Waals surface area contributed by atoms with Gasteiger partial charge in [0, 0.05) is 37.5 Å². The normalized spacial score (nSPS) is 10.6. The van der Waals surface area contributed by atoms with Gasteiger partial charge in [0.1, 0.15) is 0 Å². The van der Waals surface area contributed by atoms with E-state index < -0.39 is 0 Å². The quantitative estimate of drug-likeness (QED) is 0.442. The maximum Gasteiger partial charge on any atom is 0.251 e. The SMILES string of the molecule is NCc1ccc(C(=O)NCCCNC(=O)CC(c2ccccc2)c2ccccc2)cc1. The number of carbonyl (C=O) groups is 2. The molecule has 160 valence electrons. The summed E-state index contributed by atoms with van der Waals surface area (Å²) in [4.78, 5) is 24.7. The van der Waals surface area contributed by atoms with Crippen LogP contribution < -0.4 is 16.4 Å². The van der Waals surface area contributed by atoms with Crippen molar-refractivity contribution >= 4 is 11.8 Å². The lowest BCUT2D eigenvalue weighted by Crippen LogP contribution is -2.30. The van der Waals surface area contributed by atoms with Crippen LogP contribution >= 0.6 is 0 Å². The summed E-state index contributed by atoms with van der Waals surface area (Å²) in [5.74, 6) is -0.108. The van der Waals surface area contributed by atoms with Crippen LogP contribution in [0.15, 0.2) is 84.9 Å². The summed E-state index contributed by atoms with van der Waals surface area (Å²) in [5, 5.41) is 5.86. The molecular formula is C26H29N3O2. The van der Waals surface area contributed by atoms with Gasteiger partial charge < -0.3 is 16.4 Å². The lowest BCUT2D eigenvalue weighted by molar-refractivity contribution is -0.121. The number of amides is 2. The molecule has 0 saturated carbocycles. The Bertz CT molecular complexity index is 917. The summed E-state index contributed by atoms with van der Waals surface area (Å²) in [6, 6.07) is 27.4. The number of hydrogen-bond acceptors (Lipinski definition) is 3. The highest BCUT2D eigenvalue weighted by atomic mass is 16.2. The molecule has 0 aliphatic rings. The molecule has 0 unspecified atom stereocenters. The number of benzene rings is 3. The summed E-state index contributed by atoms with van der Waals surface area (Å²) in [6.45, 7) is 1.47. The average molecular weight is 416 g/mol. The van der Waals surface area contributed by atoms with Crippen LogP contribution in [0.3, 0.4) is 0 Å². The molecule has 0 bridgehead atoms. The molecule has 3 aromatic rings. The highest BCUT2D eigenvalue weighted by Gasteiger charge is 2.17. The van der Waals surface area contributed by atoms with Crippen molar-refractivity contribution < 1.29 is 9.59 Å². The van der Waals surface area contributed by atoms with E-state index in [4.69, 9.17) is 5.73 Å². The lowest BCUT2D eigenvalue weighted by atomic mass is 9.88. The number of rotatable bonds is 10. The minimum absolute atomic E-state index is 0.00130. The van der Waals surface area contributed by atoms with E-state index in [0.29, 0.717) is 38.0 Å². The molecule has 0 aliphatic heterocycles. The van der Waals surface area contributed by atoms with Crippen molar-refractivity contribution in [2.24, 2.45) is 5.73 Å². The molecule has 0 radical (unpaired) electrons. The molecule has 0 aromatic heterocycles. The van der Waals surface area contributed by atoms with E-state index in [0.717, 1.165) is 16.7 Å². The molecule has 3 rings (SSSR count). The number of nitrogens with one attached hydrogen (secondary N) is 2. The summed E-state index contributed by atoms with van der Waals surface area (Å²) < 4.78 is 0. The summed E-state index contributed by atoms with van der Waals surface area (Å²) in [7, 11) is 0. The largest absolute Gasteiger partial charge is 0.356 e. The van der Waals surface area contributed by atoms with Crippen molar-refractivity contribution in [2.75, 3.05) is 13.1 Å². The molecule has 0 fully saturated rings. The van der Waals surface area contributed by atoms with Gasteiger partial charge >= 0.3 is 0 Å². The predicted octanol–water partition coefficient (Wildman–Crippen LogP) is 3.60. The van der Waals surface area contributed by atoms with Crippen LogP contribution in [0, 0.1) is 0 Å². The number of nitrogens with two attached hydrogens (primary N) is 1. The fourth-order valence-corrected chi connectivity index (χ4v) is 3.47. The first-order chi connectivity index (χ1) is 15.2. The Kier molecular flexibility index (Phi) is 8.38. The van der Waals surface area contributed by atoms with Gasteiger partial charge in [-0.25, -0.2) is 0 Å². The highest BCUT2D eigenvalue weighted by molar-refractivity contribution is 5.94. The zero-order valence-electron chi connectivity index (χ0n) is 17.6. The molecule has 0 atom stereocenters. The Hall–Kier alpha value is -3.44. The summed E-state index contributed by atoms with van der Waals surface area (Å²) in [6.07, 6.45) is 1.05. The summed E-state index contributed by atoms with van der Waals surface area (Å²) in [5.41, 5.74) is 9.41. The average Bonchev–Trinajstić information content (AvgIpc) is 2.83. The molecule has 5 nitrogen and oxygen atoms in total. The van der Waals surface area contributed by atoms with E-state index in [1.807, 2.05) is 48.5 Å². The van der Waals surface area contributed by atoms with Gasteiger partial charge in [-0.1, -0.05) is 72.8 Å². The molecule has 0 spiro atoms. The van der Waals surface area contributed by atoms with E-state index in [1.54, 1.807) is 12.1 Å². The predicted molar refractivity (Wildman–Crippen MR) is 124 cm³/mol. The van der Waals surface area contributed by atoms with E-state index >= 15 is 0 Å². The molecule has 3 aromatic carbocycles. The highest BCUT2D eigenvalue weighted by Crippen LogP contribution is 2.27. The Morgan fingerprint density at radius 1 is 0.742 bits per heavy atom. The maximum absolute atomic E-state index is 12.6. The molecule has 5 heteroatoms. The molecule has 4 N–H and O–H groups in total. The third-order valence-electron chi connectivity index (χ3n) is 5.21. The Morgan fingerprint density at radius 2 is 1.29 bits per heavy atom. The number of hydrogen-bond donors (Lipinski definition) is 3. The molecule has 0 heterocycles. The maximum atomic E-state index is 12.6. The van der Waals surface area contributed by atoms with E-state index in [9.17, 15) is 9.59 Å². The van der Waals surface area contributed by atoms with Crippen molar-refractivity contribution in [1.82, 2.24) is 10.6 Å². The van der Waals surface area contributed by atoms with Crippen LogP contribution in [0.5, 0.6) is 0 Å². The Morgan fingerprint density at radius 3 is 1.84 bits per heavy atom. The van der Waals surface area contributed by atoms with Crippen molar-refractivity contribution in [3.63, 3.8) is 0 Å². The van der Waals surface area contributed by atoms with E-state index in [2.05, 4.69) is 34.9 Å². The monoisotopic (exact) mass is 415 g/mol. The van der Waals surface area contributed by atoms with Gasteiger partial charge in [-0.05, 0) is 35.2 Å². The second kappa shape index (κ2) is 11.7. The zero-order valence-corrected chi connectivity index (χ0v) is 17.6. The third-order valence-corrected chi connectivity index (χ3v) is 5.21. The first-order valence-electron chi connectivity index (χ1n) is 10.6. The van der Waals surface area contributed by atoms with Gasteiger partial charge in [0.25, 0.3) is 5.91 Å². The Labute approximate surface area is 183 Å². The van der Waals surface area contributed by atoms with Gasteiger partial charge in [-0.15, -0.1) is 0 Å². The second-order valence-electron chi connectivity index (χ2n) is 7.44. The van der Waals surface area contributed by atoms with Crippen molar-refractivity contribution in [1.29, 1.82) is 0 Å². The van der Waals surface area contributed by atoms with Crippen molar-refractivity contribution in [3.05, 3.63) is 107 Å². The van der Waals surface area contributed by atoms with Crippen molar-refractivity contribution in [2.45, 2.75) is 25.3 Å². The zero-order chi connectivity index (χ0) is 21.9. The van der Waals surface area contributed by atoms with Gasteiger partial charge in [-0.2, -0.15) is 0 Å². The fraction of sp³-hybridized carbons (Fsp3) is 0.231. The standard InChI is InChI=1S/C26H29N3O2/c27-19-20-12-14-23(15-13-20)26(31)29-17-7-16-28-25(30)18-24(21-8-3-1-4-9-21)22-10-5-2-6-11-22/h1-6,8-15,24H,7,16-19,27H2,(H,28,30)(H,29,31). The first kappa shape index (κ1) is 22.2. The van der Waals surface area contributed by atoms with Crippen molar-refractivity contribution in [3.8, 4) is 0 Å². The summed E-state index contributed by atoms with van der Waals surface area (Å²) >= 11 is 0. The van der Waals surface area contributed by atoms with Crippen LogP contribution in [0.25, 0.3) is 0 Å².